The van der Waals surface area contributed by atoms with Crippen molar-refractivity contribution in [1.29, 1.82) is 5.26 Å². The van der Waals surface area contributed by atoms with Gasteiger partial charge >= 0.3 is 0 Å². The van der Waals surface area contributed by atoms with Crippen molar-refractivity contribution in [2.45, 2.75) is 24.4 Å². The lowest BCUT2D eigenvalue weighted by molar-refractivity contribution is -0.126. The summed E-state index contributed by atoms with van der Waals surface area (Å²) in [6, 6.07) is 17.5. The van der Waals surface area contributed by atoms with Crippen LogP contribution in [-0.4, -0.2) is 55.8 Å². The molecule has 8 heteroatoms. The largest absolute Gasteiger partial charge is 0.351 e. The summed E-state index contributed by atoms with van der Waals surface area (Å²) in [7, 11) is -3.74. The number of nitrogens with one attached hydrogen (secondary N) is 1. The molecule has 1 aliphatic rings. The van der Waals surface area contributed by atoms with E-state index in [-0.39, 0.29) is 35.5 Å². The Labute approximate surface area is 171 Å². The van der Waals surface area contributed by atoms with E-state index in [1.807, 2.05) is 48.2 Å². The van der Waals surface area contributed by atoms with Gasteiger partial charge in [-0.3, -0.25) is 9.69 Å². The predicted octanol–water partition coefficient (Wildman–Crippen LogP) is 1.57. The van der Waals surface area contributed by atoms with Crippen molar-refractivity contribution >= 4 is 15.9 Å². The number of sulfonamides is 1. The summed E-state index contributed by atoms with van der Waals surface area (Å²) in [5, 5.41) is 12.1. The molecule has 1 atom stereocenters. The molecule has 0 radical (unpaired) electrons. The van der Waals surface area contributed by atoms with Gasteiger partial charge in [0.25, 0.3) is 0 Å². The van der Waals surface area contributed by atoms with Crippen LogP contribution in [0.5, 0.6) is 0 Å². The summed E-state index contributed by atoms with van der Waals surface area (Å²) in [5.74, 6) is -0.0833. The first-order valence-electron chi connectivity index (χ1n) is 9.48. The first-order valence-corrected chi connectivity index (χ1v) is 10.9. The van der Waals surface area contributed by atoms with Crippen LogP contribution < -0.4 is 5.32 Å². The van der Waals surface area contributed by atoms with Gasteiger partial charge in [-0.1, -0.05) is 42.5 Å². The minimum atomic E-state index is -3.74. The van der Waals surface area contributed by atoms with Crippen molar-refractivity contribution in [3.05, 3.63) is 65.7 Å². The Morgan fingerprint density at radius 2 is 1.69 bits per heavy atom. The molecule has 1 N–H and O–H groups in total. The molecule has 0 aliphatic carbocycles. The molecule has 1 heterocycles. The van der Waals surface area contributed by atoms with E-state index >= 15 is 0 Å². The second-order valence-electron chi connectivity index (χ2n) is 6.93. The minimum Gasteiger partial charge on any atom is -0.351 e. The zero-order valence-corrected chi connectivity index (χ0v) is 17.1. The van der Waals surface area contributed by atoms with Crippen molar-refractivity contribution in [2.24, 2.45) is 0 Å². The Bertz CT molecular complexity index is 994. The van der Waals surface area contributed by atoms with Crippen molar-refractivity contribution < 1.29 is 13.2 Å². The molecular weight excluding hydrogens is 388 g/mol. The second kappa shape index (κ2) is 9.18. The van der Waals surface area contributed by atoms with E-state index in [0.29, 0.717) is 19.6 Å². The maximum atomic E-state index is 12.9. The molecule has 2 aromatic rings. The fraction of sp³-hybridized carbons (Fsp3) is 0.333. The highest BCUT2D eigenvalue weighted by Crippen LogP contribution is 2.21. The van der Waals surface area contributed by atoms with Crippen LogP contribution in [0.2, 0.25) is 0 Å². The fourth-order valence-corrected chi connectivity index (χ4v) is 4.92. The highest BCUT2D eigenvalue weighted by molar-refractivity contribution is 7.89. The zero-order chi connectivity index (χ0) is 20.9. The fourth-order valence-electron chi connectivity index (χ4n) is 3.35. The first kappa shape index (κ1) is 21.0. The van der Waals surface area contributed by atoms with Crippen LogP contribution in [0.25, 0.3) is 0 Å². The molecule has 7 nitrogen and oxygen atoms in total. The smallest absolute Gasteiger partial charge is 0.244 e. The van der Waals surface area contributed by atoms with Gasteiger partial charge in [0, 0.05) is 32.7 Å². The SMILES string of the molecule is C[C@@H](C(=O)NCc1ccccc1)N1CCN(S(=O)(=O)c2ccccc2C#N)CC1. The number of hydrogen-bond donors (Lipinski definition) is 1. The molecule has 0 aromatic heterocycles. The molecule has 152 valence electrons. The van der Waals surface area contributed by atoms with Gasteiger partial charge in [0.15, 0.2) is 0 Å². The van der Waals surface area contributed by atoms with E-state index in [1.54, 1.807) is 12.1 Å². The lowest BCUT2D eigenvalue weighted by atomic mass is 10.2. The number of amides is 1. The molecule has 1 amide bonds. The summed E-state index contributed by atoms with van der Waals surface area (Å²) in [4.78, 5) is 14.5. The van der Waals surface area contributed by atoms with E-state index in [4.69, 9.17) is 0 Å². The van der Waals surface area contributed by atoms with E-state index in [0.717, 1.165) is 5.56 Å². The quantitative estimate of drug-likeness (QED) is 0.777. The molecule has 29 heavy (non-hydrogen) atoms. The van der Waals surface area contributed by atoms with E-state index in [9.17, 15) is 18.5 Å². The molecule has 2 aromatic carbocycles. The Morgan fingerprint density at radius 3 is 2.34 bits per heavy atom. The lowest BCUT2D eigenvalue weighted by Crippen LogP contribution is -2.54. The Morgan fingerprint density at radius 1 is 1.07 bits per heavy atom. The number of carbonyl (C=O) groups is 1. The summed E-state index contributed by atoms with van der Waals surface area (Å²) >= 11 is 0. The molecule has 1 saturated heterocycles. The third-order valence-electron chi connectivity index (χ3n) is 5.14. The average Bonchev–Trinajstić information content (AvgIpc) is 2.77. The van der Waals surface area contributed by atoms with Crippen molar-refractivity contribution in [2.75, 3.05) is 26.2 Å². The normalized spacial score (nSPS) is 16.7. The molecule has 3 rings (SSSR count). The Kier molecular flexibility index (Phi) is 6.64. The molecule has 0 unspecified atom stereocenters. The van der Waals surface area contributed by atoms with Gasteiger partial charge in [0.1, 0.15) is 6.07 Å². The van der Waals surface area contributed by atoms with Crippen molar-refractivity contribution in [3.8, 4) is 6.07 Å². The first-order chi connectivity index (χ1) is 13.9. The van der Waals surface area contributed by atoms with Gasteiger partial charge in [-0.2, -0.15) is 9.57 Å². The van der Waals surface area contributed by atoms with Gasteiger partial charge in [0.05, 0.1) is 16.5 Å². The van der Waals surface area contributed by atoms with Crippen molar-refractivity contribution in [3.63, 3.8) is 0 Å². The lowest BCUT2D eigenvalue weighted by Gasteiger charge is -2.36. The third kappa shape index (κ3) is 4.82. The molecule has 1 fully saturated rings. The maximum absolute atomic E-state index is 12.9. The summed E-state index contributed by atoms with van der Waals surface area (Å²) in [6.45, 7) is 3.75. The van der Waals surface area contributed by atoms with Gasteiger partial charge < -0.3 is 5.32 Å². The topological polar surface area (TPSA) is 93.5 Å². The second-order valence-corrected chi connectivity index (χ2v) is 8.83. The number of nitrogens with zero attached hydrogens (tertiary/aromatic N) is 3. The van der Waals surface area contributed by atoms with Gasteiger partial charge in [-0.15, -0.1) is 0 Å². The van der Waals surface area contributed by atoms with E-state index in [1.165, 1.54) is 16.4 Å². The van der Waals surface area contributed by atoms with Crippen molar-refractivity contribution in [1.82, 2.24) is 14.5 Å². The van der Waals surface area contributed by atoms with E-state index < -0.39 is 10.0 Å². The minimum absolute atomic E-state index is 0.0320. The number of carbonyl (C=O) groups excluding carboxylic acids is 1. The number of nitriles is 1. The third-order valence-corrected chi connectivity index (χ3v) is 7.09. The Hall–Kier alpha value is -2.73. The molecule has 0 bridgehead atoms. The monoisotopic (exact) mass is 412 g/mol. The highest BCUT2D eigenvalue weighted by atomic mass is 32.2. The predicted molar refractivity (Wildman–Crippen MR) is 109 cm³/mol. The van der Waals surface area contributed by atoms with Crippen LogP contribution in [0.3, 0.4) is 0 Å². The number of hydrogen-bond acceptors (Lipinski definition) is 5. The van der Waals surface area contributed by atoms with Crippen LogP contribution in [0.4, 0.5) is 0 Å². The Balaban J connectivity index is 1.58. The van der Waals surface area contributed by atoms with Gasteiger partial charge in [-0.05, 0) is 24.6 Å². The maximum Gasteiger partial charge on any atom is 0.244 e. The van der Waals surface area contributed by atoms with Gasteiger partial charge in [0.2, 0.25) is 15.9 Å². The number of benzene rings is 2. The van der Waals surface area contributed by atoms with E-state index in [2.05, 4.69) is 5.32 Å². The van der Waals surface area contributed by atoms with Gasteiger partial charge in [-0.25, -0.2) is 8.42 Å². The molecule has 1 aliphatic heterocycles. The number of rotatable bonds is 6. The van der Waals surface area contributed by atoms with Crippen LogP contribution in [0, 0.1) is 11.3 Å². The summed E-state index contributed by atoms with van der Waals surface area (Å²) in [6.07, 6.45) is 0. The standard InChI is InChI=1S/C21H24N4O3S/c1-17(21(26)23-16-18-7-3-2-4-8-18)24-11-13-25(14-12-24)29(27,28)20-10-6-5-9-19(20)15-22/h2-10,17H,11-14,16H2,1H3,(H,23,26)/t17-/m0/s1. The van der Waals surface area contributed by atoms with Crippen LogP contribution in [-0.2, 0) is 21.4 Å². The number of piperazine rings is 1. The molecular formula is C21H24N4O3S. The zero-order valence-electron chi connectivity index (χ0n) is 16.3. The van der Waals surface area contributed by atoms with Crippen LogP contribution in [0.15, 0.2) is 59.5 Å². The summed E-state index contributed by atoms with van der Waals surface area (Å²) in [5.41, 5.74) is 1.17. The van der Waals surface area contributed by atoms with Crippen LogP contribution >= 0.6 is 0 Å². The molecule has 0 spiro atoms. The highest BCUT2D eigenvalue weighted by Gasteiger charge is 2.32. The molecule has 0 saturated carbocycles. The summed E-state index contributed by atoms with van der Waals surface area (Å²) < 4.78 is 27.2. The average molecular weight is 413 g/mol. The van der Waals surface area contributed by atoms with Crippen LogP contribution in [0.1, 0.15) is 18.1 Å².